The van der Waals surface area contributed by atoms with E-state index in [1.54, 1.807) is 0 Å². The Kier molecular flexibility index (Phi) is 7.87. The number of rotatable bonds is 9. The van der Waals surface area contributed by atoms with Crippen molar-refractivity contribution in [2.24, 2.45) is 5.92 Å². The number of H-pyrrole nitrogens is 1. The minimum Gasteiger partial charge on any atom is -0.467 e. The van der Waals surface area contributed by atoms with E-state index in [1.807, 2.05) is 44.3 Å². The quantitative estimate of drug-likeness (QED) is 0.438. The summed E-state index contributed by atoms with van der Waals surface area (Å²) in [6, 6.07) is 6.04. The summed E-state index contributed by atoms with van der Waals surface area (Å²) >= 11 is 5.60. The lowest BCUT2D eigenvalue weighted by Gasteiger charge is -2.23. The van der Waals surface area contributed by atoms with E-state index < -0.39 is 29.9 Å². The molecule has 0 radical (unpaired) electrons. The fourth-order valence-corrected chi connectivity index (χ4v) is 3.14. The number of methoxy groups -OCH3 is 1. The van der Waals surface area contributed by atoms with E-state index in [0.717, 1.165) is 16.5 Å². The first kappa shape index (κ1) is 21.8. The smallest absolute Gasteiger partial charge is 0.328 e. The van der Waals surface area contributed by atoms with Gasteiger partial charge in [0.25, 0.3) is 0 Å². The Morgan fingerprint density at radius 1 is 1.14 bits per heavy atom. The van der Waals surface area contributed by atoms with Crippen molar-refractivity contribution < 1.29 is 19.1 Å². The zero-order chi connectivity index (χ0) is 20.7. The molecule has 0 saturated carbocycles. The van der Waals surface area contributed by atoms with E-state index in [-0.39, 0.29) is 18.2 Å². The van der Waals surface area contributed by atoms with Gasteiger partial charge in [-0.25, -0.2) is 4.79 Å². The Morgan fingerprint density at radius 3 is 2.50 bits per heavy atom. The van der Waals surface area contributed by atoms with Crippen LogP contribution >= 0.6 is 11.6 Å². The van der Waals surface area contributed by atoms with Gasteiger partial charge in [0.05, 0.1) is 7.11 Å². The summed E-state index contributed by atoms with van der Waals surface area (Å²) in [5.41, 5.74) is 1.82. The monoisotopic (exact) mass is 407 g/mol. The lowest BCUT2D eigenvalue weighted by molar-refractivity contribution is -0.145. The molecule has 2 atom stereocenters. The third-order valence-electron chi connectivity index (χ3n) is 4.38. The Hall–Kier alpha value is -2.54. The third-order valence-corrected chi connectivity index (χ3v) is 4.62. The molecule has 8 heteroatoms. The predicted molar refractivity (Wildman–Crippen MR) is 108 cm³/mol. The van der Waals surface area contributed by atoms with E-state index >= 15 is 0 Å². The summed E-state index contributed by atoms with van der Waals surface area (Å²) in [5.74, 6) is -1.52. The number of aromatic nitrogens is 1. The van der Waals surface area contributed by atoms with Crippen molar-refractivity contribution in [2.45, 2.75) is 38.8 Å². The molecule has 0 bridgehead atoms. The van der Waals surface area contributed by atoms with Crippen LogP contribution in [0.3, 0.4) is 0 Å². The molecule has 0 spiro atoms. The number of halogens is 1. The van der Waals surface area contributed by atoms with Gasteiger partial charge in [-0.1, -0.05) is 32.0 Å². The Bertz CT molecular complexity index is 834. The van der Waals surface area contributed by atoms with Crippen LogP contribution in [0.1, 0.15) is 25.8 Å². The molecule has 1 heterocycles. The number of carbonyl (C=O) groups is 3. The van der Waals surface area contributed by atoms with Crippen LogP contribution in [0, 0.1) is 5.92 Å². The Labute approximate surface area is 169 Å². The number of aromatic amines is 1. The highest BCUT2D eigenvalue weighted by atomic mass is 35.5. The molecule has 152 valence electrons. The van der Waals surface area contributed by atoms with Crippen LogP contribution < -0.4 is 10.6 Å². The fourth-order valence-electron chi connectivity index (χ4n) is 3.06. The second kappa shape index (κ2) is 10.1. The minimum atomic E-state index is -0.871. The zero-order valence-electron chi connectivity index (χ0n) is 16.3. The first-order valence-electron chi connectivity index (χ1n) is 9.14. The summed E-state index contributed by atoms with van der Waals surface area (Å²) in [6.07, 6.45) is 2.50. The number of hydrogen-bond acceptors (Lipinski definition) is 4. The van der Waals surface area contributed by atoms with Crippen LogP contribution in [0.5, 0.6) is 0 Å². The molecular weight excluding hydrogens is 382 g/mol. The maximum atomic E-state index is 12.9. The van der Waals surface area contributed by atoms with Gasteiger partial charge in [-0.2, -0.15) is 0 Å². The number of ether oxygens (including phenoxy) is 1. The average molecular weight is 408 g/mol. The zero-order valence-corrected chi connectivity index (χ0v) is 17.0. The van der Waals surface area contributed by atoms with Gasteiger partial charge in [0.1, 0.15) is 18.0 Å². The molecule has 7 nitrogen and oxygen atoms in total. The second-order valence-corrected chi connectivity index (χ2v) is 7.30. The summed E-state index contributed by atoms with van der Waals surface area (Å²) in [7, 11) is 1.28. The van der Waals surface area contributed by atoms with Crippen LogP contribution in [0.2, 0.25) is 0 Å². The molecule has 2 aromatic rings. The van der Waals surface area contributed by atoms with E-state index in [1.165, 1.54) is 7.11 Å². The fraction of sp³-hybridized carbons (Fsp3) is 0.450. The molecule has 2 amide bonds. The summed E-state index contributed by atoms with van der Waals surface area (Å²) < 4.78 is 4.79. The summed E-state index contributed by atoms with van der Waals surface area (Å²) in [5, 5.41) is 6.31. The highest BCUT2D eigenvalue weighted by Gasteiger charge is 2.28. The molecule has 1 aromatic heterocycles. The largest absolute Gasteiger partial charge is 0.467 e. The van der Waals surface area contributed by atoms with Gasteiger partial charge in [0.15, 0.2) is 0 Å². The first-order valence-corrected chi connectivity index (χ1v) is 9.67. The van der Waals surface area contributed by atoms with E-state index in [9.17, 15) is 14.4 Å². The lowest BCUT2D eigenvalue weighted by atomic mass is 10.0. The predicted octanol–water partition coefficient (Wildman–Crippen LogP) is 2.14. The molecule has 28 heavy (non-hydrogen) atoms. The van der Waals surface area contributed by atoms with Crippen molar-refractivity contribution in [1.82, 2.24) is 15.6 Å². The van der Waals surface area contributed by atoms with Crippen LogP contribution in [0.4, 0.5) is 0 Å². The number of carbonyl (C=O) groups excluding carboxylic acids is 3. The number of nitrogens with one attached hydrogen (secondary N) is 3. The van der Waals surface area contributed by atoms with Gasteiger partial charge >= 0.3 is 5.97 Å². The summed E-state index contributed by atoms with van der Waals surface area (Å²) in [4.78, 5) is 39.9. The third kappa shape index (κ3) is 5.73. The Morgan fingerprint density at radius 2 is 1.86 bits per heavy atom. The van der Waals surface area contributed by atoms with Gasteiger partial charge in [0.2, 0.25) is 11.8 Å². The van der Waals surface area contributed by atoms with Crippen molar-refractivity contribution in [3.8, 4) is 0 Å². The number of para-hydroxylation sites is 1. The molecule has 3 N–H and O–H groups in total. The van der Waals surface area contributed by atoms with Crippen LogP contribution in [-0.2, 0) is 25.5 Å². The highest BCUT2D eigenvalue weighted by Crippen LogP contribution is 2.19. The maximum absolute atomic E-state index is 12.9. The van der Waals surface area contributed by atoms with Crippen LogP contribution in [0.15, 0.2) is 30.5 Å². The van der Waals surface area contributed by atoms with Crippen molar-refractivity contribution >= 4 is 40.3 Å². The molecular formula is C20H26ClN3O4. The molecule has 0 aliphatic rings. The van der Waals surface area contributed by atoms with Gasteiger partial charge in [-0.05, 0) is 24.0 Å². The first-order chi connectivity index (χ1) is 13.3. The highest BCUT2D eigenvalue weighted by molar-refractivity contribution is 6.27. The summed E-state index contributed by atoms with van der Waals surface area (Å²) in [6.45, 7) is 3.89. The number of amides is 2. The number of hydrogen-bond donors (Lipinski definition) is 3. The molecule has 0 aliphatic carbocycles. The van der Waals surface area contributed by atoms with Crippen molar-refractivity contribution in [3.05, 3.63) is 36.0 Å². The van der Waals surface area contributed by atoms with Crippen LogP contribution in [-0.4, -0.2) is 47.8 Å². The van der Waals surface area contributed by atoms with Gasteiger partial charge in [-0.3, -0.25) is 9.59 Å². The molecule has 1 aromatic carbocycles. The Balaban J connectivity index is 2.22. The molecule has 0 aliphatic heterocycles. The molecule has 2 rings (SSSR count). The topological polar surface area (TPSA) is 100 Å². The van der Waals surface area contributed by atoms with Crippen molar-refractivity contribution in [3.63, 3.8) is 0 Å². The van der Waals surface area contributed by atoms with E-state index in [0.29, 0.717) is 6.42 Å². The van der Waals surface area contributed by atoms with Crippen molar-refractivity contribution in [1.29, 1.82) is 0 Å². The number of benzene rings is 1. The van der Waals surface area contributed by atoms with E-state index in [4.69, 9.17) is 16.3 Å². The average Bonchev–Trinajstić information content (AvgIpc) is 3.08. The van der Waals surface area contributed by atoms with Gasteiger partial charge in [0, 0.05) is 23.5 Å². The molecule has 0 unspecified atom stereocenters. The van der Waals surface area contributed by atoms with Gasteiger partial charge < -0.3 is 20.4 Å². The normalized spacial score (nSPS) is 13.2. The van der Waals surface area contributed by atoms with Crippen molar-refractivity contribution in [2.75, 3.05) is 13.0 Å². The minimum absolute atomic E-state index is 0.175. The maximum Gasteiger partial charge on any atom is 0.328 e. The number of alkyl halides is 1. The number of esters is 1. The molecule has 0 fully saturated rings. The number of fused-ring (bicyclic) bond motifs is 1. The van der Waals surface area contributed by atoms with Gasteiger partial charge in [-0.15, -0.1) is 11.6 Å². The van der Waals surface area contributed by atoms with E-state index in [2.05, 4.69) is 15.6 Å². The SMILES string of the molecule is COC(=O)[C@H](CC(C)C)NC(=O)[C@H](Cc1c[nH]c2ccccc12)NC(=O)CCl. The van der Waals surface area contributed by atoms with Crippen LogP contribution in [0.25, 0.3) is 10.9 Å². The second-order valence-electron chi connectivity index (χ2n) is 7.03. The lowest BCUT2D eigenvalue weighted by Crippen LogP contribution is -2.53. The standard InChI is InChI=1S/C20H26ClN3O4/c1-12(2)8-17(20(27)28-3)24-19(26)16(23-18(25)10-21)9-13-11-22-15-7-5-4-6-14(13)15/h4-7,11-12,16-17,22H,8-10H2,1-3H3,(H,23,25)(H,24,26)/t16-,17-/m0/s1. The molecule has 0 saturated heterocycles.